The predicted molar refractivity (Wildman–Crippen MR) is 65.5 cm³/mol. The van der Waals surface area contributed by atoms with Crippen LogP contribution in [0.5, 0.6) is 0 Å². The maximum Gasteiger partial charge on any atom is 0.376 e. The van der Waals surface area contributed by atoms with Crippen LogP contribution < -0.4 is 0 Å². The van der Waals surface area contributed by atoms with E-state index in [0.29, 0.717) is 5.52 Å². The van der Waals surface area contributed by atoms with Crippen molar-refractivity contribution in [2.45, 2.75) is 25.5 Å². The van der Waals surface area contributed by atoms with Crippen LogP contribution in [-0.2, 0) is 9.47 Å². The van der Waals surface area contributed by atoms with Gasteiger partial charge in [-0.15, -0.1) is 0 Å². The number of carbonyl (C=O) groups excluding carboxylic acids is 1. The fourth-order valence-corrected chi connectivity index (χ4v) is 2.17. The Balaban J connectivity index is 1.97. The van der Waals surface area contributed by atoms with Crippen LogP contribution in [0.25, 0.3) is 11.0 Å². The van der Waals surface area contributed by atoms with Crippen LogP contribution in [0.2, 0.25) is 0 Å². The molecule has 1 fully saturated rings. The third-order valence-electron chi connectivity index (χ3n) is 3.15. The number of ether oxygens (including phenoxy) is 2. The predicted octanol–water partition coefficient (Wildman–Crippen LogP) is 1.31. The summed E-state index contributed by atoms with van der Waals surface area (Å²) in [5.41, 5.74) is 1.38. The van der Waals surface area contributed by atoms with Crippen molar-refractivity contribution in [1.29, 1.82) is 0 Å². The molecular formula is C12H14N4O3. The number of fused-ring (bicyclic) bond motifs is 1. The van der Waals surface area contributed by atoms with Crippen LogP contribution in [0.15, 0.2) is 12.4 Å². The average molecular weight is 262 g/mol. The highest BCUT2D eigenvalue weighted by atomic mass is 16.5. The van der Waals surface area contributed by atoms with E-state index in [1.54, 1.807) is 17.1 Å². The van der Waals surface area contributed by atoms with E-state index in [0.717, 1.165) is 31.4 Å². The summed E-state index contributed by atoms with van der Waals surface area (Å²) < 4.78 is 12.0. The van der Waals surface area contributed by atoms with Crippen LogP contribution in [0, 0.1) is 0 Å². The average Bonchev–Trinajstić information content (AvgIpc) is 2.90. The smallest absolute Gasteiger partial charge is 0.376 e. The van der Waals surface area contributed by atoms with Crippen LogP contribution >= 0.6 is 0 Å². The molecule has 1 saturated heterocycles. The van der Waals surface area contributed by atoms with Gasteiger partial charge in [0.05, 0.1) is 19.5 Å². The van der Waals surface area contributed by atoms with Gasteiger partial charge in [-0.25, -0.2) is 19.4 Å². The molecule has 0 spiro atoms. The largest absolute Gasteiger partial charge is 0.463 e. The fourth-order valence-electron chi connectivity index (χ4n) is 2.17. The quantitative estimate of drug-likeness (QED) is 0.759. The van der Waals surface area contributed by atoms with Crippen molar-refractivity contribution in [2.24, 2.45) is 0 Å². The van der Waals surface area contributed by atoms with Crippen LogP contribution in [-0.4, -0.2) is 39.4 Å². The summed E-state index contributed by atoms with van der Waals surface area (Å²) in [6, 6.07) is 0. The Morgan fingerprint density at radius 2 is 2.37 bits per heavy atom. The normalized spacial score (nSPS) is 19.5. The first-order valence-corrected chi connectivity index (χ1v) is 6.20. The van der Waals surface area contributed by atoms with Crippen molar-refractivity contribution in [3.05, 3.63) is 18.2 Å². The summed E-state index contributed by atoms with van der Waals surface area (Å²) in [5.74, 6) is -0.511. The lowest BCUT2D eigenvalue weighted by atomic mass is 10.2. The summed E-state index contributed by atoms with van der Waals surface area (Å²) in [5, 5.41) is 4.28. The second-order valence-electron chi connectivity index (χ2n) is 4.37. The molecule has 19 heavy (non-hydrogen) atoms. The molecule has 2 aromatic heterocycles. The monoisotopic (exact) mass is 262 g/mol. The zero-order valence-corrected chi connectivity index (χ0v) is 10.6. The summed E-state index contributed by atoms with van der Waals surface area (Å²) in [6.45, 7) is 0.743. The Morgan fingerprint density at radius 3 is 3.11 bits per heavy atom. The van der Waals surface area contributed by atoms with Crippen molar-refractivity contribution >= 4 is 17.0 Å². The van der Waals surface area contributed by atoms with Crippen molar-refractivity contribution < 1.29 is 14.3 Å². The second-order valence-corrected chi connectivity index (χ2v) is 4.37. The summed E-state index contributed by atoms with van der Waals surface area (Å²) in [7, 11) is 1.30. The molecule has 0 radical (unpaired) electrons. The van der Waals surface area contributed by atoms with Gasteiger partial charge in [0.1, 0.15) is 11.0 Å². The minimum Gasteiger partial charge on any atom is -0.463 e. The Morgan fingerprint density at radius 1 is 1.47 bits per heavy atom. The summed E-state index contributed by atoms with van der Waals surface area (Å²) in [6.07, 6.45) is 6.25. The maximum atomic E-state index is 11.4. The highest BCUT2D eigenvalue weighted by Crippen LogP contribution is 2.25. The summed E-state index contributed by atoms with van der Waals surface area (Å²) >= 11 is 0. The molecule has 100 valence electrons. The van der Waals surface area contributed by atoms with Gasteiger partial charge < -0.3 is 9.47 Å². The number of carbonyl (C=O) groups is 1. The maximum absolute atomic E-state index is 11.4. The van der Waals surface area contributed by atoms with Gasteiger partial charge >= 0.3 is 5.97 Å². The van der Waals surface area contributed by atoms with Gasteiger partial charge in [0.15, 0.2) is 6.23 Å². The highest BCUT2D eigenvalue weighted by molar-refractivity contribution is 5.87. The van der Waals surface area contributed by atoms with Gasteiger partial charge in [0.25, 0.3) is 0 Å². The molecule has 1 aliphatic rings. The van der Waals surface area contributed by atoms with Gasteiger partial charge in [-0.05, 0) is 19.3 Å². The van der Waals surface area contributed by atoms with E-state index >= 15 is 0 Å². The third-order valence-corrected chi connectivity index (χ3v) is 3.15. The molecule has 0 amide bonds. The lowest BCUT2D eigenvalue weighted by Gasteiger charge is -2.23. The molecule has 7 heteroatoms. The van der Waals surface area contributed by atoms with Crippen molar-refractivity contribution in [3.8, 4) is 0 Å². The topological polar surface area (TPSA) is 79.1 Å². The molecule has 1 unspecified atom stereocenters. The van der Waals surface area contributed by atoms with Crippen LogP contribution in [0.4, 0.5) is 0 Å². The van der Waals surface area contributed by atoms with E-state index in [4.69, 9.17) is 4.74 Å². The standard InChI is InChI=1S/C12H14N4O3/c1-18-12(17)11-13-7-9-8(15-11)6-14-16(9)10-4-2-3-5-19-10/h6-7,10H,2-5H2,1H3. The van der Waals surface area contributed by atoms with Crippen molar-refractivity contribution in [3.63, 3.8) is 0 Å². The summed E-state index contributed by atoms with van der Waals surface area (Å²) in [4.78, 5) is 19.5. The van der Waals surface area contributed by atoms with E-state index in [1.165, 1.54) is 7.11 Å². The zero-order valence-electron chi connectivity index (χ0n) is 10.6. The molecule has 1 aliphatic heterocycles. The SMILES string of the molecule is COC(=O)c1ncc2c(cnn2C2CCCCO2)n1. The number of rotatable bonds is 2. The van der Waals surface area contributed by atoms with E-state index in [-0.39, 0.29) is 12.1 Å². The number of hydrogen-bond acceptors (Lipinski definition) is 6. The lowest BCUT2D eigenvalue weighted by Crippen LogP contribution is -2.19. The van der Waals surface area contributed by atoms with E-state index < -0.39 is 5.97 Å². The fraction of sp³-hybridized carbons (Fsp3) is 0.500. The molecule has 0 bridgehead atoms. The molecule has 0 aliphatic carbocycles. The molecule has 7 nitrogen and oxygen atoms in total. The molecular weight excluding hydrogens is 248 g/mol. The first-order valence-electron chi connectivity index (χ1n) is 6.20. The Labute approximate surface area is 109 Å². The van der Waals surface area contributed by atoms with E-state index in [2.05, 4.69) is 19.8 Å². The van der Waals surface area contributed by atoms with Gasteiger partial charge in [0.2, 0.25) is 5.82 Å². The number of methoxy groups -OCH3 is 1. The van der Waals surface area contributed by atoms with Gasteiger partial charge in [-0.3, -0.25) is 0 Å². The molecule has 0 aromatic carbocycles. The van der Waals surface area contributed by atoms with Gasteiger partial charge in [-0.1, -0.05) is 0 Å². The van der Waals surface area contributed by atoms with Crippen molar-refractivity contribution in [2.75, 3.05) is 13.7 Å². The minimum atomic E-state index is -0.552. The molecule has 3 rings (SSSR count). The highest BCUT2D eigenvalue weighted by Gasteiger charge is 2.20. The zero-order chi connectivity index (χ0) is 13.2. The lowest BCUT2D eigenvalue weighted by molar-refractivity contribution is -0.0367. The molecule has 1 atom stereocenters. The minimum absolute atomic E-state index is 0.0408. The molecule has 0 N–H and O–H groups in total. The number of nitrogens with zero attached hydrogens (tertiary/aromatic N) is 4. The Hall–Kier alpha value is -2.02. The first-order chi connectivity index (χ1) is 9.29. The third kappa shape index (κ3) is 2.17. The Bertz CT molecular complexity index is 604. The van der Waals surface area contributed by atoms with Crippen LogP contribution in [0.3, 0.4) is 0 Å². The number of aromatic nitrogens is 4. The second kappa shape index (κ2) is 4.93. The Kier molecular flexibility index (Phi) is 3.12. The van der Waals surface area contributed by atoms with Gasteiger partial charge in [-0.2, -0.15) is 5.10 Å². The van der Waals surface area contributed by atoms with E-state index in [1.807, 2.05) is 0 Å². The van der Waals surface area contributed by atoms with Crippen LogP contribution in [0.1, 0.15) is 36.1 Å². The van der Waals surface area contributed by atoms with E-state index in [9.17, 15) is 4.79 Å². The van der Waals surface area contributed by atoms with Crippen molar-refractivity contribution in [1.82, 2.24) is 19.7 Å². The van der Waals surface area contributed by atoms with Gasteiger partial charge in [0, 0.05) is 6.61 Å². The molecule has 2 aromatic rings. The molecule has 3 heterocycles. The number of esters is 1. The first kappa shape index (κ1) is 12.0. The molecule has 0 saturated carbocycles. The number of hydrogen-bond donors (Lipinski definition) is 0.